The summed E-state index contributed by atoms with van der Waals surface area (Å²) in [7, 11) is 0. The molecule has 0 saturated heterocycles. The van der Waals surface area contributed by atoms with Crippen molar-refractivity contribution in [3.8, 4) is 10.6 Å². The third-order valence-corrected chi connectivity index (χ3v) is 4.21. The zero-order chi connectivity index (χ0) is 17.9. The summed E-state index contributed by atoms with van der Waals surface area (Å²) in [4.78, 5) is 28.6. The smallest absolute Gasteiger partial charge is 0.271 e. The second kappa shape index (κ2) is 7.32. The van der Waals surface area contributed by atoms with Crippen molar-refractivity contribution in [2.75, 3.05) is 0 Å². The normalized spacial score (nSPS) is 12.5. The van der Waals surface area contributed by atoms with Gasteiger partial charge in [-0.1, -0.05) is 23.7 Å². The van der Waals surface area contributed by atoms with Crippen LogP contribution in [0.15, 0.2) is 29.6 Å². The molecule has 0 aliphatic heterocycles. The summed E-state index contributed by atoms with van der Waals surface area (Å²) in [6.45, 7) is 7.31. The molecule has 0 aliphatic rings. The first-order chi connectivity index (χ1) is 11.2. The van der Waals surface area contributed by atoms with E-state index >= 15 is 0 Å². The van der Waals surface area contributed by atoms with Crippen molar-refractivity contribution < 1.29 is 9.59 Å². The lowest BCUT2D eigenvalue weighted by atomic mass is 10.1. The molecule has 5 nitrogen and oxygen atoms in total. The number of aromatic nitrogens is 1. The van der Waals surface area contributed by atoms with Crippen LogP contribution in [0.5, 0.6) is 0 Å². The molecule has 2 aromatic rings. The molecule has 1 aromatic carbocycles. The number of hydrogen-bond acceptors (Lipinski definition) is 4. The largest absolute Gasteiger partial charge is 0.350 e. The van der Waals surface area contributed by atoms with Crippen LogP contribution in [0.3, 0.4) is 0 Å². The Bertz CT molecular complexity index is 735. The van der Waals surface area contributed by atoms with Gasteiger partial charge >= 0.3 is 0 Å². The van der Waals surface area contributed by atoms with Gasteiger partial charge in [0.1, 0.15) is 16.7 Å². The van der Waals surface area contributed by atoms with Gasteiger partial charge in [0.25, 0.3) is 5.91 Å². The monoisotopic (exact) mass is 365 g/mol. The van der Waals surface area contributed by atoms with Gasteiger partial charge in [-0.15, -0.1) is 11.3 Å². The first-order valence-electron chi connectivity index (χ1n) is 7.50. The Morgan fingerprint density at radius 2 is 1.83 bits per heavy atom. The summed E-state index contributed by atoms with van der Waals surface area (Å²) in [5.74, 6) is -0.605. The summed E-state index contributed by atoms with van der Waals surface area (Å²) in [6, 6.07) is 6.61. The summed E-state index contributed by atoms with van der Waals surface area (Å²) in [6.07, 6.45) is 0. The Balaban J connectivity index is 2.03. The molecule has 0 spiro atoms. The second-order valence-electron chi connectivity index (χ2n) is 6.48. The van der Waals surface area contributed by atoms with Crippen molar-refractivity contribution in [2.45, 2.75) is 39.3 Å². The van der Waals surface area contributed by atoms with Crippen molar-refractivity contribution in [3.63, 3.8) is 0 Å². The Hall–Kier alpha value is -1.92. The summed E-state index contributed by atoms with van der Waals surface area (Å²) in [5.41, 5.74) is 0.834. The minimum absolute atomic E-state index is 0.232. The number of benzene rings is 1. The number of carbonyl (C=O) groups is 2. The molecule has 24 heavy (non-hydrogen) atoms. The highest BCUT2D eigenvalue weighted by atomic mass is 35.5. The molecular formula is C17H20ClN3O2S. The predicted molar refractivity (Wildman–Crippen MR) is 97.4 cm³/mol. The topological polar surface area (TPSA) is 71.1 Å². The van der Waals surface area contributed by atoms with E-state index in [-0.39, 0.29) is 17.4 Å². The van der Waals surface area contributed by atoms with Crippen LogP contribution in [0.25, 0.3) is 10.6 Å². The van der Waals surface area contributed by atoms with E-state index in [9.17, 15) is 9.59 Å². The second-order valence-corrected chi connectivity index (χ2v) is 7.77. The van der Waals surface area contributed by atoms with Crippen LogP contribution in [0.2, 0.25) is 5.02 Å². The first-order valence-corrected chi connectivity index (χ1v) is 8.76. The minimum atomic E-state index is -0.641. The molecule has 2 rings (SSSR count). The van der Waals surface area contributed by atoms with Gasteiger partial charge in [-0.05, 0) is 39.8 Å². The first kappa shape index (κ1) is 18.4. The number of nitrogens with one attached hydrogen (secondary N) is 2. The van der Waals surface area contributed by atoms with Crippen molar-refractivity contribution in [1.82, 2.24) is 15.6 Å². The maximum Gasteiger partial charge on any atom is 0.271 e. The van der Waals surface area contributed by atoms with E-state index < -0.39 is 6.04 Å². The quantitative estimate of drug-likeness (QED) is 0.871. The van der Waals surface area contributed by atoms with Crippen molar-refractivity contribution in [3.05, 3.63) is 40.4 Å². The van der Waals surface area contributed by atoms with E-state index in [1.54, 1.807) is 24.4 Å². The van der Waals surface area contributed by atoms with Crippen LogP contribution < -0.4 is 10.6 Å². The van der Waals surface area contributed by atoms with Crippen LogP contribution in [0.1, 0.15) is 38.2 Å². The predicted octanol–water partition coefficient (Wildman–Crippen LogP) is 3.50. The Morgan fingerprint density at radius 1 is 1.21 bits per heavy atom. The minimum Gasteiger partial charge on any atom is -0.350 e. The zero-order valence-electron chi connectivity index (χ0n) is 14.0. The number of hydrogen-bond donors (Lipinski definition) is 2. The van der Waals surface area contributed by atoms with Crippen LogP contribution in [0.4, 0.5) is 0 Å². The summed E-state index contributed by atoms with van der Waals surface area (Å²) < 4.78 is 0. The lowest BCUT2D eigenvalue weighted by molar-refractivity contribution is -0.124. The molecule has 2 N–H and O–H groups in total. The van der Waals surface area contributed by atoms with E-state index in [0.717, 1.165) is 10.6 Å². The van der Waals surface area contributed by atoms with Gasteiger partial charge in [0.2, 0.25) is 5.91 Å². The Labute approximate surface area is 150 Å². The van der Waals surface area contributed by atoms with Crippen molar-refractivity contribution in [1.29, 1.82) is 0 Å². The van der Waals surface area contributed by atoms with Gasteiger partial charge in [0.05, 0.1) is 0 Å². The molecule has 0 aliphatic carbocycles. The molecule has 0 saturated carbocycles. The van der Waals surface area contributed by atoms with Crippen LogP contribution in [0, 0.1) is 0 Å². The van der Waals surface area contributed by atoms with Crippen molar-refractivity contribution in [2.24, 2.45) is 0 Å². The molecule has 0 radical (unpaired) electrons. The average molecular weight is 366 g/mol. The number of nitrogens with zero attached hydrogens (tertiary/aromatic N) is 1. The summed E-state index contributed by atoms with van der Waals surface area (Å²) in [5, 5.41) is 8.54. The number of halogens is 1. The maximum atomic E-state index is 12.3. The fraction of sp³-hybridized carbons (Fsp3) is 0.353. The van der Waals surface area contributed by atoms with E-state index in [1.165, 1.54) is 11.3 Å². The zero-order valence-corrected chi connectivity index (χ0v) is 15.6. The third kappa shape index (κ3) is 5.04. The highest BCUT2D eigenvalue weighted by molar-refractivity contribution is 7.13. The van der Waals surface area contributed by atoms with Crippen LogP contribution in [-0.4, -0.2) is 28.4 Å². The Morgan fingerprint density at radius 3 is 2.42 bits per heavy atom. The van der Waals surface area contributed by atoms with Crippen LogP contribution in [-0.2, 0) is 4.79 Å². The highest BCUT2D eigenvalue weighted by Gasteiger charge is 2.22. The molecule has 1 aromatic heterocycles. The highest BCUT2D eigenvalue weighted by Crippen LogP contribution is 2.25. The standard InChI is InChI=1S/C17H20ClN3O2S/c1-10(14(22)21-17(2,3)4)19-15(23)13-9-24-16(20-13)11-5-7-12(18)8-6-11/h5-10H,1-4H3,(H,19,23)(H,21,22). The number of rotatable bonds is 4. The van der Waals surface area contributed by atoms with Crippen LogP contribution >= 0.6 is 22.9 Å². The fourth-order valence-corrected chi connectivity index (χ4v) is 2.85. The van der Waals surface area contributed by atoms with Gasteiger partial charge in [0.15, 0.2) is 0 Å². The molecule has 2 amide bonds. The maximum absolute atomic E-state index is 12.3. The molecule has 0 fully saturated rings. The molecule has 1 heterocycles. The van der Waals surface area contributed by atoms with Gasteiger partial charge in [0, 0.05) is 21.5 Å². The molecule has 1 atom stereocenters. The average Bonchev–Trinajstić information content (AvgIpc) is 2.96. The van der Waals surface area contributed by atoms with Gasteiger partial charge in [-0.2, -0.15) is 0 Å². The lowest BCUT2D eigenvalue weighted by Crippen LogP contribution is -2.50. The summed E-state index contributed by atoms with van der Waals surface area (Å²) >= 11 is 7.24. The van der Waals surface area contributed by atoms with E-state index in [0.29, 0.717) is 10.7 Å². The molecule has 128 valence electrons. The van der Waals surface area contributed by atoms with E-state index in [2.05, 4.69) is 15.6 Å². The van der Waals surface area contributed by atoms with E-state index in [1.807, 2.05) is 32.9 Å². The number of amides is 2. The molecule has 7 heteroatoms. The number of carbonyl (C=O) groups excluding carboxylic acids is 2. The molecule has 0 bridgehead atoms. The fourth-order valence-electron chi connectivity index (χ4n) is 1.92. The SMILES string of the molecule is CC(NC(=O)c1csc(-c2ccc(Cl)cc2)n1)C(=O)NC(C)(C)C. The molecule has 1 unspecified atom stereocenters. The van der Waals surface area contributed by atoms with Gasteiger partial charge < -0.3 is 10.6 Å². The third-order valence-electron chi connectivity index (χ3n) is 3.07. The lowest BCUT2D eigenvalue weighted by Gasteiger charge is -2.23. The van der Waals surface area contributed by atoms with Gasteiger partial charge in [-0.25, -0.2) is 4.98 Å². The Kier molecular flexibility index (Phi) is 5.62. The van der Waals surface area contributed by atoms with E-state index in [4.69, 9.17) is 11.6 Å². The van der Waals surface area contributed by atoms with Crippen molar-refractivity contribution >= 4 is 34.8 Å². The van der Waals surface area contributed by atoms with Gasteiger partial charge in [-0.3, -0.25) is 9.59 Å². The number of thiazole rings is 1. The molecular weight excluding hydrogens is 346 g/mol.